The smallest absolute Gasteiger partial charge is 0.326 e. The third-order valence-corrected chi connectivity index (χ3v) is 3.49. The molecule has 0 aliphatic heterocycles. The Balaban J connectivity index is 2.27. The summed E-state index contributed by atoms with van der Waals surface area (Å²) in [6.07, 6.45) is 1.42. The van der Waals surface area contributed by atoms with Gasteiger partial charge in [-0.15, -0.1) is 0 Å². The van der Waals surface area contributed by atoms with E-state index in [1.807, 2.05) is 65.6 Å². The van der Waals surface area contributed by atoms with Gasteiger partial charge in [-0.3, -0.25) is 0 Å². The fourth-order valence-corrected chi connectivity index (χ4v) is 2.49. The molecule has 3 nitrogen and oxygen atoms in total. The molecule has 2 aromatic rings. The standard InChI is InChI=1S/C18H21NO2/c1-2-13-19(16-11-7-4-8-12-16)17(18(20)21)14-15-9-5-3-6-10-15/h3-12,17H,2,13-14H2,1H3,(H,20,21)/t17-/m0/s1. The fourth-order valence-electron chi connectivity index (χ4n) is 2.49. The number of para-hydroxylation sites is 1. The number of hydrogen-bond donors (Lipinski definition) is 1. The van der Waals surface area contributed by atoms with Crippen LogP contribution in [0.3, 0.4) is 0 Å². The zero-order valence-electron chi connectivity index (χ0n) is 12.3. The van der Waals surface area contributed by atoms with Gasteiger partial charge in [-0.2, -0.15) is 0 Å². The molecule has 0 bridgehead atoms. The van der Waals surface area contributed by atoms with Gasteiger partial charge in [-0.1, -0.05) is 55.5 Å². The molecule has 1 N–H and O–H groups in total. The van der Waals surface area contributed by atoms with Crippen LogP contribution in [0, 0.1) is 0 Å². The molecule has 1 atom stereocenters. The Bertz CT molecular complexity index is 554. The zero-order valence-corrected chi connectivity index (χ0v) is 12.3. The average Bonchev–Trinajstić information content (AvgIpc) is 2.52. The van der Waals surface area contributed by atoms with Gasteiger partial charge in [0.05, 0.1) is 0 Å². The Morgan fingerprint density at radius 2 is 1.62 bits per heavy atom. The molecule has 0 unspecified atom stereocenters. The molecule has 2 aromatic carbocycles. The number of anilines is 1. The molecular formula is C18H21NO2. The molecular weight excluding hydrogens is 262 g/mol. The maximum atomic E-state index is 11.8. The summed E-state index contributed by atoms with van der Waals surface area (Å²) in [5.41, 5.74) is 2.00. The van der Waals surface area contributed by atoms with Crippen molar-refractivity contribution in [1.82, 2.24) is 0 Å². The minimum absolute atomic E-state index is 0.505. The van der Waals surface area contributed by atoms with Crippen molar-refractivity contribution in [2.24, 2.45) is 0 Å². The van der Waals surface area contributed by atoms with E-state index in [4.69, 9.17) is 0 Å². The zero-order chi connectivity index (χ0) is 15.1. The lowest BCUT2D eigenvalue weighted by atomic mass is 10.0. The minimum Gasteiger partial charge on any atom is -0.480 e. The van der Waals surface area contributed by atoms with Crippen LogP contribution in [-0.2, 0) is 11.2 Å². The van der Waals surface area contributed by atoms with Crippen molar-refractivity contribution < 1.29 is 9.90 Å². The van der Waals surface area contributed by atoms with Gasteiger partial charge in [0, 0.05) is 18.7 Å². The molecule has 0 aliphatic rings. The van der Waals surface area contributed by atoms with Crippen LogP contribution in [0.25, 0.3) is 0 Å². The van der Waals surface area contributed by atoms with E-state index in [-0.39, 0.29) is 0 Å². The minimum atomic E-state index is -0.781. The average molecular weight is 283 g/mol. The Labute approximate surface area is 125 Å². The summed E-state index contributed by atoms with van der Waals surface area (Å²) in [5.74, 6) is -0.781. The summed E-state index contributed by atoms with van der Waals surface area (Å²) in [6.45, 7) is 2.80. The van der Waals surface area contributed by atoms with Gasteiger partial charge in [0.2, 0.25) is 0 Å². The predicted molar refractivity (Wildman–Crippen MR) is 85.6 cm³/mol. The molecule has 0 saturated heterocycles. The second-order valence-electron chi connectivity index (χ2n) is 5.07. The summed E-state index contributed by atoms with van der Waals surface area (Å²) < 4.78 is 0. The van der Waals surface area contributed by atoms with E-state index >= 15 is 0 Å². The molecule has 3 heteroatoms. The summed E-state index contributed by atoms with van der Waals surface area (Å²) in [7, 11) is 0. The number of rotatable bonds is 7. The van der Waals surface area contributed by atoms with E-state index in [1.165, 1.54) is 0 Å². The normalized spacial score (nSPS) is 11.9. The monoisotopic (exact) mass is 283 g/mol. The maximum Gasteiger partial charge on any atom is 0.326 e. The first-order valence-electron chi connectivity index (χ1n) is 7.30. The van der Waals surface area contributed by atoms with Gasteiger partial charge in [0.25, 0.3) is 0 Å². The largest absolute Gasteiger partial charge is 0.480 e. The molecule has 0 aromatic heterocycles. The van der Waals surface area contributed by atoms with E-state index in [0.29, 0.717) is 6.42 Å². The number of carboxylic acid groups (broad SMARTS) is 1. The lowest BCUT2D eigenvalue weighted by molar-refractivity contribution is -0.138. The van der Waals surface area contributed by atoms with Gasteiger partial charge in [-0.05, 0) is 24.1 Å². The molecule has 0 heterocycles. The van der Waals surface area contributed by atoms with Gasteiger partial charge in [0.15, 0.2) is 0 Å². The summed E-state index contributed by atoms with van der Waals surface area (Å²) in [5, 5.41) is 9.65. The van der Waals surface area contributed by atoms with Crippen LogP contribution in [-0.4, -0.2) is 23.7 Å². The van der Waals surface area contributed by atoms with Crippen molar-refractivity contribution in [1.29, 1.82) is 0 Å². The van der Waals surface area contributed by atoms with Crippen molar-refractivity contribution in [2.45, 2.75) is 25.8 Å². The van der Waals surface area contributed by atoms with Crippen LogP contribution in [0.15, 0.2) is 60.7 Å². The molecule has 0 saturated carbocycles. The molecule has 0 fully saturated rings. The Morgan fingerprint density at radius 1 is 1.05 bits per heavy atom. The topological polar surface area (TPSA) is 40.5 Å². The summed E-state index contributed by atoms with van der Waals surface area (Å²) in [6, 6.07) is 19.0. The lowest BCUT2D eigenvalue weighted by Gasteiger charge is -2.31. The molecule has 2 rings (SSSR count). The number of nitrogens with zero attached hydrogens (tertiary/aromatic N) is 1. The number of aliphatic carboxylic acids is 1. The first kappa shape index (κ1) is 15.1. The molecule has 0 spiro atoms. The quantitative estimate of drug-likeness (QED) is 0.844. The number of carboxylic acids is 1. The van der Waals surface area contributed by atoms with Gasteiger partial charge >= 0.3 is 5.97 Å². The molecule has 110 valence electrons. The van der Waals surface area contributed by atoms with E-state index < -0.39 is 12.0 Å². The first-order chi connectivity index (χ1) is 10.2. The number of carbonyl (C=O) groups is 1. The number of hydrogen-bond acceptors (Lipinski definition) is 2. The Kier molecular flexibility index (Phi) is 5.38. The molecule has 0 amide bonds. The van der Waals surface area contributed by atoms with Crippen molar-refractivity contribution in [3.8, 4) is 0 Å². The Hall–Kier alpha value is -2.29. The van der Waals surface area contributed by atoms with Crippen LogP contribution in [0.1, 0.15) is 18.9 Å². The van der Waals surface area contributed by atoms with Crippen molar-refractivity contribution in [3.63, 3.8) is 0 Å². The van der Waals surface area contributed by atoms with E-state index in [2.05, 4.69) is 6.92 Å². The summed E-state index contributed by atoms with van der Waals surface area (Å²) >= 11 is 0. The molecule has 0 radical (unpaired) electrons. The predicted octanol–water partition coefficient (Wildman–Crippen LogP) is 3.60. The van der Waals surface area contributed by atoms with E-state index in [9.17, 15) is 9.90 Å². The SMILES string of the molecule is CCCN(c1ccccc1)[C@@H](Cc1ccccc1)C(=O)O. The highest BCUT2D eigenvalue weighted by Gasteiger charge is 2.25. The second-order valence-corrected chi connectivity index (χ2v) is 5.07. The van der Waals surface area contributed by atoms with Gasteiger partial charge in [-0.25, -0.2) is 4.79 Å². The van der Waals surface area contributed by atoms with Crippen LogP contribution in [0.2, 0.25) is 0 Å². The second kappa shape index (κ2) is 7.48. The summed E-state index contributed by atoms with van der Waals surface area (Å²) in [4.78, 5) is 13.7. The molecule has 0 aliphatic carbocycles. The van der Waals surface area contributed by atoms with Crippen LogP contribution >= 0.6 is 0 Å². The van der Waals surface area contributed by atoms with Crippen molar-refractivity contribution in [3.05, 3.63) is 66.2 Å². The highest BCUT2D eigenvalue weighted by molar-refractivity contribution is 5.78. The van der Waals surface area contributed by atoms with E-state index in [0.717, 1.165) is 24.2 Å². The molecule has 21 heavy (non-hydrogen) atoms. The Morgan fingerprint density at radius 3 is 2.14 bits per heavy atom. The van der Waals surface area contributed by atoms with Gasteiger partial charge in [0.1, 0.15) is 6.04 Å². The first-order valence-corrected chi connectivity index (χ1v) is 7.30. The fraction of sp³-hybridized carbons (Fsp3) is 0.278. The third kappa shape index (κ3) is 4.09. The van der Waals surface area contributed by atoms with E-state index in [1.54, 1.807) is 0 Å². The highest BCUT2D eigenvalue weighted by atomic mass is 16.4. The maximum absolute atomic E-state index is 11.8. The van der Waals surface area contributed by atoms with Crippen LogP contribution in [0.5, 0.6) is 0 Å². The lowest BCUT2D eigenvalue weighted by Crippen LogP contribution is -2.43. The van der Waals surface area contributed by atoms with Crippen LogP contribution < -0.4 is 4.90 Å². The van der Waals surface area contributed by atoms with Crippen LogP contribution in [0.4, 0.5) is 5.69 Å². The van der Waals surface area contributed by atoms with Crippen molar-refractivity contribution >= 4 is 11.7 Å². The third-order valence-electron chi connectivity index (χ3n) is 3.49. The highest BCUT2D eigenvalue weighted by Crippen LogP contribution is 2.20. The van der Waals surface area contributed by atoms with Crippen molar-refractivity contribution in [2.75, 3.05) is 11.4 Å². The number of benzene rings is 2. The van der Waals surface area contributed by atoms with Gasteiger partial charge < -0.3 is 10.0 Å².